The van der Waals surface area contributed by atoms with Gasteiger partial charge in [-0.1, -0.05) is 13.8 Å². The number of halogens is 2. The van der Waals surface area contributed by atoms with Crippen molar-refractivity contribution in [1.82, 2.24) is 15.3 Å². The Kier molecular flexibility index (Phi) is 4.55. The molecule has 0 aliphatic heterocycles. The Hall–Kier alpha value is -1.40. The third-order valence-electron chi connectivity index (χ3n) is 2.44. The molecule has 0 spiro atoms. The Morgan fingerprint density at radius 3 is 2.53 bits per heavy atom. The van der Waals surface area contributed by atoms with Crippen molar-refractivity contribution < 1.29 is 8.78 Å². The Balaban J connectivity index is 2.17. The molecule has 0 saturated heterocycles. The molecule has 19 heavy (non-hydrogen) atoms. The van der Waals surface area contributed by atoms with E-state index in [1.165, 1.54) is 12.1 Å². The first-order valence-electron chi connectivity index (χ1n) is 5.95. The molecule has 0 atom stereocenters. The molecule has 2 N–H and O–H groups in total. The molecular weight excluding hydrogens is 268 g/mol. The molecule has 1 heterocycles. The van der Waals surface area contributed by atoms with Crippen LogP contribution in [0.1, 0.15) is 19.4 Å². The van der Waals surface area contributed by atoms with E-state index in [2.05, 4.69) is 15.3 Å². The van der Waals surface area contributed by atoms with Crippen LogP contribution in [0.5, 0.6) is 0 Å². The highest BCUT2D eigenvalue weighted by atomic mass is 32.2. The number of H-pyrrole nitrogens is 1. The number of rotatable bonds is 5. The largest absolute Gasteiger partial charge is 0.339 e. The number of nitrogens with zero attached hydrogens (tertiary/aromatic N) is 1. The average molecular weight is 283 g/mol. The number of aromatic amines is 1. The highest BCUT2D eigenvalue weighted by Crippen LogP contribution is 2.30. The number of benzene rings is 1. The summed E-state index contributed by atoms with van der Waals surface area (Å²) in [5.41, 5.74) is 0.590. The second-order valence-corrected chi connectivity index (χ2v) is 5.42. The normalized spacial score (nSPS) is 11.2. The Bertz CT molecular complexity index is 518. The molecule has 0 aliphatic carbocycles. The number of nitrogens with one attached hydrogen (secondary N) is 2. The zero-order chi connectivity index (χ0) is 13.8. The summed E-state index contributed by atoms with van der Waals surface area (Å²) in [6, 6.07) is 2.97. The maximum Gasteiger partial charge on any atom is 0.170 e. The van der Waals surface area contributed by atoms with Crippen molar-refractivity contribution in [1.29, 1.82) is 0 Å². The fraction of sp³-hybridized carbons (Fsp3) is 0.308. The van der Waals surface area contributed by atoms with E-state index in [1.807, 2.05) is 13.8 Å². The van der Waals surface area contributed by atoms with Gasteiger partial charge < -0.3 is 10.3 Å². The number of aromatic nitrogens is 2. The van der Waals surface area contributed by atoms with Gasteiger partial charge in [0.2, 0.25) is 0 Å². The summed E-state index contributed by atoms with van der Waals surface area (Å²) in [5, 5.41) is 3.59. The van der Waals surface area contributed by atoms with Gasteiger partial charge in [0.1, 0.15) is 11.6 Å². The van der Waals surface area contributed by atoms with Crippen molar-refractivity contribution in [3.8, 4) is 0 Å². The van der Waals surface area contributed by atoms with Crippen LogP contribution in [-0.2, 0) is 6.54 Å². The summed E-state index contributed by atoms with van der Waals surface area (Å²) in [4.78, 5) is 6.70. The quantitative estimate of drug-likeness (QED) is 0.884. The molecule has 0 amide bonds. The van der Waals surface area contributed by atoms with Crippen LogP contribution < -0.4 is 5.32 Å². The van der Waals surface area contributed by atoms with Gasteiger partial charge in [0, 0.05) is 25.0 Å². The maximum absolute atomic E-state index is 13.9. The number of hydrogen-bond donors (Lipinski definition) is 2. The van der Waals surface area contributed by atoms with Crippen LogP contribution in [-0.4, -0.2) is 16.0 Å². The summed E-state index contributed by atoms with van der Waals surface area (Å²) in [6.07, 6.45) is 3.15. The van der Waals surface area contributed by atoms with Crippen LogP contribution in [0.25, 0.3) is 0 Å². The van der Waals surface area contributed by atoms with Gasteiger partial charge in [-0.3, -0.25) is 0 Å². The molecule has 0 aliphatic rings. The minimum Gasteiger partial charge on any atom is -0.339 e. The van der Waals surface area contributed by atoms with E-state index >= 15 is 0 Å². The first-order valence-corrected chi connectivity index (χ1v) is 6.76. The molecule has 0 fully saturated rings. The van der Waals surface area contributed by atoms with E-state index in [-0.39, 0.29) is 10.9 Å². The predicted octanol–water partition coefficient (Wildman–Crippen LogP) is 3.34. The lowest BCUT2D eigenvalue weighted by Gasteiger charge is -2.10. The van der Waals surface area contributed by atoms with E-state index in [0.717, 1.165) is 11.8 Å². The second-order valence-electron chi connectivity index (χ2n) is 4.42. The van der Waals surface area contributed by atoms with Crippen molar-refractivity contribution in [2.45, 2.75) is 36.5 Å². The van der Waals surface area contributed by atoms with Gasteiger partial charge >= 0.3 is 0 Å². The summed E-state index contributed by atoms with van der Waals surface area (Å²) in [6.45, 7) is 4.40. The van der Waals surface area contributed by atoms with Crippen LogP contribution in [0, 0.1) is 11.6 Å². The standard InChI is InChI=1S/C13H15F2N3S/c1-8(2)18-7-9-5-10(14)12(11(15)6-9)19-13-16-3-4-17-13/h3-6,8,18H,7H2,1-2H3,(H,16,17). The van der Waals surface area contributed by atoms with Crippen molar-refractivity contribution in [2.75, 3.05) is 0 Å². The predicted molar refractivity (Wildman–Crippen MR) is 71.0 cm³/mol. The van der Waals surface area contributed by atoms with Gasteiger partial charge in [-0.05, 0) is 29.5 Å². The van der Waals surface area contributed by atoms with Gasteiger partial charge in [-0.15, -0.1) is 0 Å². The first-order chi connectivity index (χ1) is 9.06. The van der Waals surface area contributed by atoms with Crippen LogP contribution >= 0.6 is 11.8 Å². The van der Waals surface area contributed by atoms with E-state index in [4.69, 9.17) is 0 Å². The lowest BCUT2D eigenvalue weighted by Crippen LogP contribution is -2.22. The van der Waals surface area contributed by atoms with E-state index in [9.17, 15) is 8.78 Å². The van der Waals surface area contributed by atoms with Crippen molar-refractivity contribution in [2.24, 2.45) is 0 Å². The number of imidazole rings is 1. The van der Waals surface area contributed by atoms with Gasteiger partial charge in [0.05, 0.1) is 4.90 Å². The second kappa shape index (κ2) is 6.16. The minimum absolute atomic E-state index is 0.0387. The molecular formula is C13H15F2N3S. The minimum atomic E-state index is -0.568. The Labute approximate surface area is 114 Å². The smallest absolute Gasteiger partial charge is 0.170 e. The topological polar surface area (TPSA) is 40.7 Å². The van der Waals surface area contributed by atoms with Crippen LogP contribution in [0.15, 0.2) is 34.6 Å². The van der Waals surface area contributed by atoms with Crippen LogP contribution in [0.3, 0.4) is 0 Å². The molecule has 3 nitrogen and oxygen atoms in total. The van der Waals surface area contributed by atoms with Gasteiger partial charge in [0.25, 0.3) is 0 Å². The zero-order valence-corrected chi connectivity index (χ0v) is 11.5. The monoisotopic (exact) mass is 283 g/mol. The summed E-state index contributed by atoms with van der Waals surface area (Å²) in [7, 11) is 0. The maximum atomic E-state index is 13.9. The third kappa shape index (κ3) is 3.78. The van der Waals surface area contributed by atoms with Crippen molar-refractivity contribution in [3.63, 3.8) is 0 Å². The molecule has 1 aromatic heterocycles. The highest BCUT2D eigenvalue weighted by Gasteiger charge is 2.14. The average Bonchev–Trinajstić information content (AvgIpc) is 2.84. The van der Waals surface area contributed by atoms with E-state index in [1.54, 1.807) is 12.4 Å². The highest BCUT2D eigenvalue weighted by molar-refractivity contribution is 7.99. The Morgan fingerprint density at radius 1 is 1.32 bits per heavy atom. The molecule has 1 aromatic carbocycles. The number of hydrogen-bond acceptors (Lipinski definition) is 3. The van der Waals surface area contributed by atoms with Gasteiger partial charge in [0.15, 0.2) is 5.16 Å². The fourth-order valence-electron chi connectivity index (χ4n) is 1.54. The molecule has 0 bridgehead atoms. The summed E-state index contributed by atoms with van der Waals surface area (Å²) < 4.78 is 27.8. The first kappa shape index (κ1) is 14.0. The lowest BCUT2D eigenvalue weighted by molar-refractivity contribution is 0.528. The zero-order valence-electron chi connectivity index (χ0n) is 10.7. The third-order valence-corrected chi connectivity index (χ3v) is 3.46. The molecule has 0 unspecified atom stereocenters. The molecule has 6 heteroatoms. The fourth-order valence-corrected chi connectivity index (χ4v) is 2.28. The molecule has 102 valence electrons. The van der Waals surface area contributed by atoms with E-state index in [0.29, 0.717) is 17.3 Å². The van der Waals surface area contributed by atoms with Crippen molar-refractivity contribution >= 4 is 11.8 Å². The van der Waals surface area contributed by atoms with E-state index < -0.39 is 11.6 Å². The molecule has 0 radical (unpaired) electrons. The lowest BCUT2D eigenvalue weighted by atomic mass is 10.2. The van der Waals surface area contributed by atoms with Gasteiger partial charge in [-0.25, -0.2) is 13.8 Å². The summed E-state index contributed by atoms with van der Waals surface area (Å²) in [5.74, 6) is -1.14. The van der Waals surface area contributed by atoms with Crippen LogP contribution in [0.2, 0.25) is 0 Å². The summed E-state index contributed by atoms with van der Waals surface area (Å²) >= 11 is 0.944. The SMILES string of the molecule is CC(C)NCc1cc(F)c(Sc2ncc[nH]2)c(F)c1. The Morgan fingerprint density at radius 2 is 2.00 bits per heavy atom. The molecule has 2 rings (SSSR count). The van der Waals surface area contributed by atoms with Crippen molar-refractivity contribution in [3.05, 3.63) is 41.7 Å². The van der Waals surface area contributed by atoms with Gasteiger partial charge in [-0.2, -0.15) is 0 Å². The molecule has 2 aromatic rings. The van der Waals surface area contributed by atoms with Crippen LogP contribution in [0.4, 0.5) is 8.78 Å². The molecule has 0 saturated carbocycles.